The van der Waals surface area contributed by atoms with Gasteiger partial charge in [0.1, 0.15) is 5.65 Å². The summed E-state index contributed by atoms with van der Waals surface area (Å²) in [5.74, 6) is -0.0625. The smallest absolute Gasteiger partial charge is 0.155 e. The van der Waals surface area contributed by atoms with Crippen LogP contribution in [-0.4, -0.2) is 24.6 Å². The van der Waals surface area contributed by atoms with Gasteiger partial charge < -0.3 is 10.1 Å². The molecule has 0 aliphatic carbocycles. The molecule has 3 heterocycles. The predicted molar refractivity (Wildman–Crippen MR) is 99.7 cm³/mol. The van der Waals surface area contributed by atoms with E-state index in [0.29, 0.717) is 0 Å². The van der Waals surface area contributed by atoms with E-state index in [9.17, 15) is 4.79 Å². The molecule has 0 atom stereocenters. The molecule has 0 aliphatic heterocycles. The first-order valence-electron chi connectivity index (χ1n) is 7.62. The number of imidazole rings is 1. The van der Waals surface area contributed by atoms with Crippen LogP contribution in [0.3, 0.4) is 0 Å². The number of ketones is 1. The molecule has 7 heteroatoms. The van der Waals surface area contributed by atoms with E-state index in [1.165, 1.54) is 19.9 Å². The van der Waals surface area contributed by atoms with Crippen LogP contribution in [0.25, 0.3) is 27.9 Å². The van der Waals surface area contributed by atoms with Gasteiger partial charge in [0.25, 0.3) is 0 Å². The predicted octanol–water partition coefficient (Wildman–Crippen LogP) is 4.45. The average molecular weight is 543 g/mol. The number of aromatic nitrogens is 3. The molecule has 0 saturated carbocycles. The zero-order valence-corrected chi connectivity index (χ0v) is 17.3. The normalized spacial score (nSPS) is 10.9. The fourth-order valence-electron chi connectivity index (χ4n) is 2.40. The molecular formula is C19H16IrN3O2S-. The Morgan fingerprint density at radius 3 is 2.69 bits per heavy atom. The van der Waals surface area contributed by atoms with Crippen molar-refractivity contribution in [2.24, 2.45) is 0 Å². The molecule has 4 aromatic rings. The van der Waals surface area contributed by atoms with Gasteiger partial charge in [0.15, 0.2) is 5.78 Å². The van der Waals surface area contributed by atoms with Crippen molar-refractivity contribution in [1.82, 2.24) is 13.8 Å². The molecule has 4 rings (SSSR count). The van der Waals surface area contributed by atoms with E-state index in [0.717, 1.165) is 27.9 Å². The number of carbonyl (C=O) groups is 1. The van der Waals surface area contributed by atoms with Gasteiger partial charge in [-0.1, -0.05) is 11.5 Å². The number of hydrogen-bond acceptors (Lipinski definition) is 5. The summed E-state index contributed by atoms with van der Waals surface area (Å²) in [6.45, 7) is 2.85. The molecule has 1 radical (unpaired) electrons. The molecule has 1 aromatic carbocycles. The van der Waals surface area contributed by atoms with Crippen LogP contribution in [0, 0.1) is 6.07 Å². The van der Waals surface area contributed by atoms with Gasteiger partial charge >= 0.3 is 0 Å². The van der Waals surface area contributed by atoms with Crippen LogP contribution in [0.5, 0.6) is 0 Å². The molecule has 3 aromatic heterocycles. The van der Waals surface area contributed by atoms with Crippen LogP contribution < -0.4 is 0 Å². The summed E-state index contributed by atoms with van der Waals surface area (Å²) in [4.78, 5) is 19.1. The third-order valence-electron chi connectivity index (χ3n) is 3.32. The molecule has 0 aliphatic rings. The van der Waals surface area contributed by atoms with E-state index in [4.69, 9.17) is 5.11 Å². The van der Waals surface area contributed by atoms with Crippen molar-refractivity contribution < 1.29 is 30.0 Å². The summed E-state index contributed by atoms with van der Waals surface area (Å²) < 4.78 is 2.11. The topological polar surface area (TPSA) is 67.5 Å². The molecule has 1 N–H and O–H groups in total. The Hall–Kier alpha value is -2.34. The minimum Gasteiger partial charge on any atom is -0.512 e. The number of aliphatic hydroxyl groups excluding tert-OH is 1. The Morgan fingerprint density at radius 2 is 2.08 bits per heavy atom. The monoisotopic (exact) mass is 543 g/mol. The largest absolute Gasteiger partial charge is 0.512 e. The van der Waals surface area contributed by atoms with Gasteiger partial charge in [0.2, 0.25) is 0 Å². The standard InChI is InChI=1S/C14H8N3S.C5H8O2.Ir/c1-2-4-10(5-3-1)13-14-11(6-8-15-13)17-12(16-14)7-9-18-17;1-4(6)3-5(2)7;/h1-4,6-9H;3,6H,1-2H3;/q-1;;/b;4-3-;. The van der Waals surface area contributed by atoms with E-state index in [1.807, 2.05) is 48.0 Å². The average Bonchev–Trinajstić information content (AvgIpc) is 3.15. The van der Waals surface area contributed by atoms with Crippen molar-refractivity contribution in [3.63, 3.8) is 0 Å². The Labute approximate surface area is 168 Å². The fraction of sp³-hybridized carbons (Fsp3) is 0.105. The molecule has 0 unspecified atom stereocenters. The molecule has 26 heavy (non-hydrogen) atoms. The van der Waals surface area contributed by atoms with E-state index < -0.39 is 0 Å². The Balaban J connectivity index is 0.000000265. The minimum absolute atomic E-state index is 0. The van der Waals surface area contributed by atoms with Crippen molar-refractivity contribution >= 4 is 34.0 Å². The summed E-state index contributed by atoms with van der Waals surface area (Å²) in [6.07, 6.45) is 2.99. The number of rotatable bonds is 2. The summed E-state index contributed by atoms with van der Waals surface area (Å²) >= 11 is 1.64. The molecule has 5 nitrogen and oxygen atoms in total. The molecule has 135 valence electrons. The number of benzene rings is 1. The number of fused-ring (bicyclic) bond motifs is 3. The van der Waals surface area contributed by atoms with Gasteiger partial charge in [-0.05, 0) is 26.0 Å². The molecular weight excluding hydrogens is 527 g/mol. The Morgan fingerprint density at radius 1 is 1.27 bits per heavy atom. The molecule has 0 spiro atoms. The third-order valence-corrected chi connectivity index (χ3v) is 4.17. The van der Waals surface area contributed by atoms with E-state index >= 15 is 0 Å². The van der Waals surface area contributed by atoms with Crippen LogP contribution in [-0.2, 0) is 24.9 Å². The fourth-order valence-corrected chi connectivity index (χ4v) is 3.18. The second-order valence-corrected chi connectivity index (χ2v) is 6.22. The zero-order chi connectivity index (χ0) is 17.8. The first kappa shape index (κ1) is 20.0. The second kappa shape index (κ2) is 8.85. The molecule has 0 bridgehead atoms. The number of allylic oxidation sites excluding steroid dienone is 2. The Kier molecular flexibility index (Phi) is 6.80. The van der Waals surface area contributed by atoms with Crippen molar-refractivity contribution in [2.75, 3.05) is 0 Å². The van der Waals surface area contributed by atoms with Crippen molar-refractivity contribution in [3.05, 3.63) is 65.9 Å². The van der Waals surface area contributed by atoms with Crippen LogP contribution in [0.2, 0.25) is 0 Å². The molecule has 0 saturated heterocycles. The number of hydrogen-bond donors (Lipinski definition) is 1. The van der Waals surface area contributed by atoms with Crippen molar-refractivity contribution in [1.29, 1.82) is 0 Å². The van der Waals surface area contributed by atoms with Gasteiger partial charge in [-0.2, -0.15) is 0 Å². The van der Waals surface area contributed by atoms with Crippen molar-refractivity contribution in [2.45, 2.75) is 13.8 Å². The second-order valence-electron chi connectivity index (χ2n) is 5.37. The quantitative estimate of drug-likeness (QED) is 0.231. The van der Waals surface area contributed by atoms with Crippen LogP contribution in [0.15, 0.2) is 59.8 Å². The SMILES string of the molecule is CC(=O)/C=C(/C)O.[Ir].[c-]1ccccc1-c1nccc2c1nc1ccsn12. The number of aliphatic hydroxyl groups is 1. The van der Waals surface area contributed by atoms with E-state index in [1.54, 1.807) is 11.5 Å². The van der Waals surface area contributed by atoms with Gasteiger partial charge in [0, 0.05) is 43.5 Å². The van der Waals surface area contributed by atoms with Gasteiger partial charge in [-0.3, -0.25) is 4.79 Å². The van der Waals surface area contributed by atoms with E-state index in [-0.39, 0.29) is 31.6 Å². The summed E-state index contributed by atoms with van der Waals surface area (Å²) in [7, 11) is 0. The zero-order valence-electron chi connectivity index (χ0n) is 14.1. The van der Waals surface area contributed by atoms with Crippen LogP contribution in [0.1, 0.15) is 13.8 Å². The number of nitrogens with zero attached hydrogens (tertiary/aromatic N) is 3. The third kappa shape index (κ3) is 4.43. The first-order chi connectivity index (χ1) is 12.1. The first-order valence-corrected chi connectivity index (χ1v) is 8.46. The number of pyridine rings is 1. The van der Waals surface area contributed by atoms with E-state index in [2.05, 4.69) is 19.8 Å². The number of carbonyl (C=O) groups excluding carboxylic acids is 1. The maximum Gasteiger partial charge on any atom is 0.155 e. The van der Waals surface area contributed by atoms with Gasteiger partial charge in [-0.25, -0.2) is 8.77 Å². The minimum atomic E-state index is -0.125. The summed E-state index contributed by atoms with van der Waals surface area (Å²) in [5, 5.41) is 10.4. The molecule has 0 amide bonds. The van der Waals surface area contributed by atoms with Gasteiger partial charge in [0.05, 0.1) is 16.8 Å². The van der Waals surface area contributed by atoms with Crippen molar-refractivity contribution in [3.8, 4) is 11.3 Å². The Bertz CT molecular complexity index is 1050. The maximum absolute atomic E-state index is 10.0. The molecule has 0 fully saturated rings. The summed E-state index contributed by atoms with van der Waals surface area (Å²) in [6, 6.07) is 15.1. The van der Waals surface area contributed by atoms with Gasteiger partial charge in [-0.15, -0.1) is 35.9 Å². The van der Waals surface area contributed by atoms with Crippen LogP contribution in [0.4, 0.5) is 0 Å². The summed E-state index contributed by atoms with van der Waals surface area (Å²) in [5.41, 5.74) is 4.88. The maximum atomic E-state index is 10.0. The van der Waals surface area contributed by atoms with Crippen LogP contribution >= 0.6 is 11.5 Å².